The van der Waals surface area contributed by atoms with Crippen LogP contribution in [0.2, 0.25) is 0 Å². The number of nitrogens with zero attached hydrogens (tertiary/aromatic N) is 1. The molecule has 6 nitrogen and oxygen atoms in total. The second-order valence-corrected chi connectivity index (χ2v) is 7.47. The predicted molar refractivity (Wildman–Crippen MR) is 111 cm³/mol. The van der Waals surface area contributed by atoms with Crippen LogP contribution in [-0.2, 0) is 9.47 Å². The van der Waals surface area contributed by atoms with Crippen LogP contribution in [0.15, 0.2) is 41.4 Å². The molecule has 2 aromatic rings. The number of pyridine rings is 2. The fraction of sp³-hybridized carbons (Fsp3) is 0.400. The molecule has 1 aliphatic carbocycles. The quantitative estimate of drug-likeness (QED) is 0.396. The maximum atomic E-state index is 11.5. The van der Waals surface area contributed by atoms with E-state index in [9.17, 15) is 9.59 Å². The second-order valence-electron chi connectivity index (χ2n) is 5.99. The molecule has 0 bridgehead atoms. The molecule has 1 fully saturated rings. The Hall–Kier alpha value is -2.19. The van der Waals surface area contributed by atoms with Crippen LogP contribution in [0, 0.1) is 10.6 Å². The average Bonchev–Trinajstić information content (AvgIpc) is 3.52. The first-order valence-electron chi connectivity index (χ1n) is 9.16. The third-order valence-electron chi connectivity index (χ3n) is 3.64. The fourth-order valence-electron chi connectivity index (χ4n) is 2.08. The van der Waals surface area contributed by atoms with Crippen molar-refractivity contribution in [2.45, 2.75) is 31.7 Å². The van der Waals surface area contributed by atoms with E-state index in [2.05, 4.69) is 9.97 Å². The number of esters is 2. The Bertz CT molecular complexity index is 850. The Morgan fingerprint density at radius 1 is 1.11 bits per heavy atom. The number of thioether (sulfide) groups is 1. The minimum atomic E-state index is -0.371. The van der Waals surface area contributed by atoms with Crippen molar-refractivity contribution in [3.05, 3.63) is 52.4 Å². The van der Waals surface area contributed by atoms with Crippen molar-refractivity contribution in [1.82, 2.24) is 9.97 Å². The van der Waals surface area contributed by atoms with Crippen molar-refractivity contribution in [3.63, 3.8) is 0 Å². The number of aromatic nitrogens is 2. The normalized spacial score (nSPS) is 12.5. The number of carbonyl (C=O) groups is 2. The molecule has 28 heavy (non-hydrogen) atoms. The van der Waals surface area contributed by atoms with Crippen LogP contribution < -0.4 is 0 Å². The average molecular weight is 421 g/mol. The standard InChI is InChI=1S/C12H15NO2S.C8H9NO2S/c1-2-15-12(14)10-4-3-5-11(13-10)16-8-9-6-7-9;1-2-11-8(10)6-4-3-5-7(12)9-6/h3-5,9H,2,6-8H2,1H3;3-5H,2H2,1H3,(H,9,12). The lowest BCUT2D eigenvalue weighted by Crippen LogP contribution is -2.07. The third-order valence-corrected chi connectivity index (χ3v) is 5.04. The summed E-state index contributed by atoms with van der Waals surface area (Å²) in [7, 11) is 0. The lowest BCUT2D eigenvalue weighted by molar-refractivity contribution is 0.0509. The largest absolute Gasteiger partial charge is 0.461 e. The van der Waals surface area contributed by atoms with Crippen molar-refractivity contribution in [2.75, 3.05) is 19.0 Å². The molecule has 1 aliphatic rings. The van der Waals surface area contributed by atoms with Crippen LogP contribution in [0.25, 0.3) is 0 Å². The summed E-state index contributed by atoms with van der Waals surface area (Å²) in [6, 6.07) is 10.5. The van der Waals surface area contributed by atoms with Crippen molar-refractivity contribution < 1.29 is 19.1 Å². The maximum absolute atomic E-state index is 11.5. The number of aromatic amines is 1. The van der Waals surface area contributed by atoms with Gasteiger partial charge in [0.2, 0.25) is 0 Å². The molecule has 0 radical (unpaired) electrons. The van der Waals surface area contributed by atoms with Crippen LogP contribution in [0.3, 0.4) is 0 Å². The van der Waals surface area contributed by atoms with E-state index in [1.54, 1.807) is 49.9 Å². The van der Waals surface area contributed by atoms with Gasteiger partial charge in [0.25, 0.3) is 0 Å². The van der Waals surface area contributed by atoms with E-state index >= 15 is 0 Å². The number of H-pyrrole nitrogens is 1. The number of ether oxygens (including phenoxy) is 2. The number of hydrogen-bond acceptors (Lipinski definition) is 7. The third kappa shape index (κ3) is 7.82. The Morgan fingerprint density at radius 3 is 2.43 bits per heavy atom. The highest BCUT2D eigenvalue weighted by Gasteiger charge is 2.21. The molecular formula is C20H24N2O4S2. The van der Waals surface area contributed by atoms with Gasteiger partial charge in [-0.2, -0.15) is 0 Å². The molecule has 0 aliphatic heterocycles. The van der Waals surface area contributed by atoms with Gasteiger partial charge in [0.1, 0.15) is 16.0 Å². The Balaban J connectivity index is 0.000000209. The van der Waals surface area contributed by atoms with Gasteiger partial charge in [-0.1, -0.05) is 24.4 Å². The van der Waals surface area contributed by atoms with Gasteiger partial charge in [-0.15, -0.1) is 11.8 Å². The van der Waals surface area contributed by atoms with E-state index < -0.39 is 0 Å². The van der Waals surface area contributed by atoms with Crippen LogP contribution >= 0.6 is 24.0 Å². The summed E-state index contributed by atoms with van der Waals surface area (Å²) >= 11 is 6.56. The molecule has 1 N–H and O–H groups in total. The van der Waals surface area contributed by atoms with Gasteiger partial charge in [-0.05, 0) is 56.9 Å². The summed E-state index contributed by atoms with van der Waals surface area (Å²) in [5.41, 5.74) is 0.798. The molecule has 0 unspecified atom stereocenters. The topological polar surface area (TPSA) is 81.3 Å². The zero-order valence-electron chi connectivity index (χ0n) is 16.0. The zero-order chi connectivity index (χ0) is 20.4. The first-order valence-corrected chi connectivity index (χ1v) is 10.6. The first kappa shape index (κ1) is 22.1. The predicted octanol–water partition coefficient (Wildman–Crippen LogP) is 4.68. The van der Waals surface area contributed by atoms with Gasteiger partial charge < -0.3 is 14.5 Å². The van der Waals surface area contributed by atoms with E-state index in [4.69, 9.17) is 21.7 Å². The molecular weight excluding hydrogens is 396 g/mol. The number of carbonyl (C=O) groups excluding carboxylic acids is 2. The summed E-state index contributed by atoms with van der Waals surface area (Å²) in [4.78, 5) is 29.6. The molecule has 1 saturated carbocycles. The summed E-state index contributed by atoms with van der Waals surface area (Å²) in [5.74, 6) is 1.26. The van der Waals surface area contributed by atoms with Crippen molar-refractivity contribution in [1.29, 1.82) is 0 Å². The number of rotatable bonds is 7. The van der Waals surface area contributed by atoms with Crippen LogP contribution in [0.4, 0.5) is 0 Å². The van der Waals surface area contributed by atoms with Gasteiger partial charge >= 0.3 is 11.9 Å². The molecule has 2 aromatic heterocycles. The first-order chi connectivity index (χ1) is 13.5. The molecule has 150 valence electrons. The molecule has 0 saturated heterocycles. The minimum absolute atomic E-state index is 0.337. The molecule has 2 heterocycles. The van der Waals surface area contributed by atoms with Crippen molar-refractivity contribution in [2.24, 2.45) is 5.92 Å². The Labute approximate surface area is 174 Å². The van der Waals surface area contributed by atoms with E-state index in [1.165, 1.54) is 12.8 Å². The number of hydrogen-bond donors (Lipinski definition) is 1. The van der Waals surface area contributed by atoms with Crippen molar-refractivity contribution >= 4 is 35.9 Å². The SMILES string of the molecule is CCOC(=O)c1cccc(=S)[nH]1.CCOC(=O)c1cccc(SCC2CC2)n1. The van der Waals surface area contributed by atoms with Crippen LogP contribution in [0.1, 0.15) is 47.7 Å². The Kier molecular flexibility index (Phi) is 9.16. The molecule has 0 spiro atoms. The molecule has 0 amide bonds. The zero-order valence-corrected chi connectivity index (χ0v) is 17.6. The van der Waals surface area contributed by atoms with E-state index in [1.807, 2.05) is 12.1 Å². The highest BCUT2D eigenvalue weighted by atomic mass is 32.2. The molecule has 0 aromatic carbocycles. The summed E-state index contributed by atoms with van der Waals surface area (Å²) < 4.78 is 10.2. The molecule has 3 rings (SSSR count). The maximum Gasteiger partial charge on any atom is 0.356 e. The van der Waals surface area contributed by atoms with Crippen molar-refractivity contribution in [3.8, 4) is 0 Å². The van der Waals surface area contributed by atoms with Gasteiger partial charge in [0, 0.05) is 5.75 Å². The molecule has 8 heteroatoms. The van der Waals surface area contributed by atoms with Gasteiger partial charge in [-0.25, -0.2) is 14.6 Å². The second kappa shape index (κ2) is 11.6. The van der Waals surface area contributed by atoms with Gasteiger partial charge in [-0.3, -0.25) is 0 Å². The Morgan fingerprint density at radius 2 is 1.79 bits per heavy atom. The van der Waals surface area contributed by atoms with Gasteiger partial charge in [0.05, 0.1) is 18.2 Å². The highest BCUT2D eigenvalue weighted by Crippen LogP contribution is 2.34. The monoisotopic (exact) mass is 420 g/mol. The highest BCUT2D eigenvalue weighted by molar-refractivity contribution is 7.99. The van der Waals surface area contributed by atoms with Gasteiger partial charge in [0.15, 0.2) is 0 Å². The minimum Gasteiger partial charge on any atom is -0.461 e. The summed E-state index contributed by atoms with van der Waals surface area (Å²) in [6.45, 7) is 4.31. The van der Waals surface area contributed by atoms with Crippen LogP contribution in [-0.4, -0.2) is 40.9 Å². The number of nitrogens with one attached hydrogen (secondary N) is 1. The van der Waals surface area contributed by atoms with E-state index in [0.717, 1.165) is 16.7 Å². The van der Waals surface area contributed by atoms with E-state index in [0.29, 0.717) is 29.2 Å². The summed E-state index contributed by atoms with van der Waals surface area (Å²) in [5, 5.41) is 0.914. The fourth-order valence-corrected chi connectivity index (χ4v) is 3.34. The smallest absolute Gasteiger partial charge is 0.356 e. The van der Waals surface area contributed by atoms with E-state index in [-0.39, 0.29) is 11.9 Å². The van der Waals surface area contributed by atoms with Crippen LogP contribution in [0.5, 0.6) is 0 Å². The lowest BCUT2D eigenvalue weighted by atomic mass is 10.3. The molecule has 0 atom stereocenters. The summed E-state index contributed by atoms with van der Waals surface area (Å²) in [6.07, 6.45) is 2.68. The lowest BCUT2D eigenvalue weighted by Gasteiger charge is -2.03.